The number of hydrogen-bond donors (Lipinski definition) is 1. The Morgan fingerprint density at radius 3 is 2.43 bits per heavy atom. The normalized spacial score (nSPS) is 13.4. The molecular weight excluding hydrogens is 281 g/mol. The number of rotatable bonds is 5. The van der Waals surface area contributed by atoms with Crippen LogP contribution in [0.4, 0.5) is 13.2 Å². The Hall–Kier alpha value is -1.89. The quantitative estimate of drug-likeness (QED) is 0.923. The molecule has 0 radical (unpaired) electrons. The molecule has 0 aliphatic rings. The molecule has 1 N–H and O–H groups in total. The van der Waals surface area contributed by atoms with Crippen LogP contribution in [0.1, 0.15) is 29.9 Å². The second-order valence-electron chi connectivity index (χ2n) is 4.88. The first kappa shape index (κ1) is 15.5. The molecule has 0 amide bonds. The predicted octanol–water partition coefficient (Wildman–Crippen LogP) is 2.73. The first-order chi connectivity index (χ1) is 9.86. The first-order valence-corrected chi connectivity index (χ1v) is 6.61. The van der Waals surface area contributed by atoms with Crippen LogP contribution in [-0.4, -0.2) is 21.3 Å². The van der Waals surface area contributed by atoms with Gasteiger partial charge in [0.2, 0.25) is 0 Å². The van der Waals surface area contributed by atoms with Gasteiger partial charge in [-0.2, -0.15) is 18.3 Å². The molecule has 1 heterocycles. The maximum atomic E-state index is 12.5. The summed E-state index contributed by atoms with van der Waals surface area (Å²) in [6.07, 6.45) is -1.99. The van der Waals surface area contributed by atoms with Crippen molar-refractivity contribution in [3.8, 4) is 0 Å². The van der Waals surface area contributed by atoms with E-state index in [4.69, 9.17) is 0 Å². The van der Waals surface area contributed by atoms with Gasteiger partial charge in [0.1, 0.15) is 6.33 Å². The molecule has 0 aliphatic carbocycles. The van der Waals surface area contributed by atoms with Crippen molar-refractivity contribution in [1.29, 1.82) is 0 Å². The van der Waals surface area contributed by atoms with Crippen LogP contribution in [0.5, 0.6) is 0 Å². The zero-order chi connectivity index (χ0) is 15.5. The maximum absolute atomic E-state index is 12.5. The fraction of sp³-hybridized carbons (Fsp3) is 0.429. The van der Waals surface area contributed by atoms with Gasteiger partial charge in [0.25, 0.3) is 0 Å². The van der Waals surface area contributed by atoms with Crippen LogP contribution in [0, 0.1) is 0 Å². The van der Waals surface area contributed by atoms with Gasteiger partial charge in [0.15, 0.2) is 5.82 Å². The third-order valence-corrected chi connectivity index (χ3v) is 3.18. The maximum Gasteiger partial charge on any atom is 0.416 e. The number of aryl methyl sites for hydroxylation is 1. The molecule has 1 aromatic carbocycles. The highest BCUT2D eigenvalue weighted by Crippen LogP contribution is 2.29. The number of aromatic nitrogens is 3. The van der Waals surface area contributed by atoms with E-state index in [1.54, 1.807) is 18.1 Å². The van der Waals surface area contributed by atoms with Gasteiger partial charge in [-0.25, -0.2) is 4.98 Å². The molecule has 7 heteroatoms. The Labute approximate surface area is 121 Å². The van der Waals surface area contributed by atoms with Crippen LogP contribution in [0.25, 0.3) is 0 Å². The summed E-state index contributed by atoms with van der Waals surface area (Å²) in [4.78, 5) is 4.11. The summed E-state index contributed by atoms with van der Waals surface area (Å²) in [7, 11) is 1.80. The molecule has 1 atom stereocenters. The van der Waals surface area contributed by atoms with E-state index in [0.29, 0.717) is 13.0 Å². The molecule has 114 valence electrons. The van der Waals surface area contributed by atoms with Gasteiger partial charge in [0, 0.05) is 26.1 Å². The van der Waals surface area contributed by atoms with E-state index in [1.165, 1.54) is 12.1 Å². The lowest BCUT2D eigenvalue weighted by atomic mass is 10.1. The zero-order valence-electron chi connectivity index (χ0n) is 11.9. The van der Waals surface area contributed by atoms with Crippen LogP contribution >= 0.6 is 0 Å². The van der Waals surface area contributed by atoms with Crippen LogP contribution in [0.3, 0.4) is 0 Å². The van der Waals surface area contributed by atoms with E-state index in [2.05, 4.69) is 15.4 Å². The molecule has 0 saturated carbocycles. The second kappa shape index (κ2) is 6.26. The first-order valence-electron chi connectivity index (χ1n) is 6.61. The Morgan fingerprint density at radius 2 is 1.90 bits per heavy atom. The van der Waals surface area contributed by atoms with E-state index >= 15 is 0 Å². The SMILES string of the molecule is CC(NCCc1ncn(C)n1)c1ccc(C(F)(F)F)cc1. The van der Waals surface area contributed by atoms with Crippen LogP contribution in [-0.2, 0) is 19.6 Å². The zero-order valence-corrected chi connectivity index (χ0v) is 11.9. The van der Waals surface area contributed by atoms with Crippen LogP contribution in [0.2, 0.25) is 0 Å². The standard InChI is InChI=1S/C14H17F3N4/c1-10(18-8-7-13-19-9-21(2)20-13)11-3-5-12(6-4-11)14(15,16)17/h3-6,9-10,18H,7-8H2,1-2H3. The van der Waals surface area contributed by atoms with Gasteiger partial charge >= 0.3 is 6.18 Å². The Bertz CT molecular complexity index is 575. The van der Waals surface area contributed by atoms with Gasteiger partial charge in [-0.3, -0.25) is 4.68 Å². The fourth-order valence-electron chi connectivity index (χ4n) is 1.98. The topological polar surface area (TPSA) is 42.7 Å². The van der Waals surface area contributed by atoms with E-state index in [-0.39, 0.29) is 6.04 Å². The summed E-state index contributed by atoms with van der Waals surface area (Å²) in [5, 5.41) is 7.40. The minimum atomic E-state index is -4.29. The highest BCUT2D eigenvalue weighted by atomic mass is 19.4. The number of alkyl halides is 3. The number of hydrogen-bond acceptors (Lipinski definition) is 3. The molecule has 2 aromatic rings. The summed E-state index contributed by atoms with van der Waals surface area (Å²) in [6.45, 7) is 2.57. The predicted molar refractivity (Wildman–Crippen MR) is 72.6 cm³/mol. The average Bonchev–Trinajstić information content (AvgIpc) is 2.83. The molecule has 0 fully saturated rings. The van der Waals surface area contributed by atoms with Crippen molar-refractivity contribution >= 4 is 0 Å². The third kappa shape index (κ3) is 4.29. The minimum absolute atomic E-state index is 0.0315. The van der Waals surface area contributed by atoms with Gasteiger partial charge < -0.3 is 5.32 Å². The highest BCUT2D eigenvalue weighted by Gasteiger charge is 2.30. The summed E-state index contributed by atoms with van der Waals surface area (Å²) in [6, 6.07) is 5.18. The molecular formula is C14H17F3N4. The second-order valence-corrected chi connectivity index (χ2v) is 4.88. The number of halogens is 3. The van der Waals surface area contributed by atoms with Gasteiger partial charge in [0.05, 0.1) is 5.56 Å². The molecule has 4 nitrogen and oxygen atoms in total. The molecule has 0 bridgehead atoms. The number of nitrogens with one attached hydrogen (secondary N) is 1. The summed E-state index contributed by atoms with van der Waals surface area (Å²) in [5.41, 5.74) is 0.188. The Morgan fingerprint density at radius 1 is 1.24 bits per heavy atom. The smallest absolute Gasteiger partial charge is 0.310 e. The molecule has 0 spiro atoms. The van der Waals surface area contributed by atoms with Crippen molar-refractivity contribution in [2.24, 2.45) is 7.05 Å². The lowest BCUT2D eigenvalue weighted by Gasteiger charge is -2.15. The van der Waals surface area contributed by atoms with Gasteiger partial charge in [-0.15, -0.1) is 0 Å². The van der Waals surface area contributed by atoms with Crippen molar-refractivity contribution in [2.75, 3.05) is 6.54 Å². The highest BCUT2D eigenvalue weighted by molar-refractivity contribution is 5.26. The van der Waals surface area contributed by atoms with Crippen LogP contribution in [0.15, 0.2) is 30.6 Å². The fourth-order valence-corrected chi connectivity index (χ4v) is 1.98. The molecule has 1 unspecified atom stereocenters. The minimum Gasteiger partial charge on any atom is -0.310 e. The lowest BCUT2D eigenvalue weighted by Crippen LogP contribution is -2.22. The summed E-state index contributed by atoms with van der Waals surface area (Å²) in [5.74, 6) is 0.740. The van der Waals surface area contributed by atoms with Crippen LogP contribution < -0.4 is 5.32 Å². The third-order valence-electron chi connectivity index (χ3n) is 3.18. The van der Waals surface area contributed by atoms with Crippen molar-refractivity contribution < 1.29 is 13.2 Å². The molecule has 0 aliphatic heterocycles. The van der Waals surface area contributed by atoms with Crippen molar-refractivity contribution in [1.82, 2.24) is 20.1 Å². The monoisotopic (exact) mass is 298 g/mol. The van der Waals surface area contributed by atoms with E-state index in [0.717, 1.165) is 23.5 Å². The van der Waals surface area contributed by atoms with E-state index < -0.39 is 11.7 Å². The Kier molecular flexibility index (Phi) is 4.62. The van der Waals surface area contributed by atoms with E-state index in [9.17, 15) is 13.2 Å². The van der Waals surface area contributed by atoms with Gasteiger partial charge in [-0.05, 0) is 24.6 Å². The summed E-state index contributed by atoms with van der Waals surface area (Å²) >= 11 is 0. The van der Waals surface area contributed by atoms with Gasteiger partial charge in [-0.1, -0.05) is 12.1 Å². The van der Waals surface area contributed by atoms with Crippen molar-refractivity contribution in [3.05, 3.63) is 47.5 Å². The summed E-state index contributed by atoms with van der Waals surface area (Å²) < 4.78 is 39.1. The van der Waals surface area contributed by atoms with Crippen molar-refractivity contribution in [2.45, 2.75) is 25.6 Å². The van der Waals surface area contributed by atoms with E-state index in [1.807, 2.05) is 6.92 Å². The number of nitrogens with zero attached hydrogens (tertiary/aromatic N) is 3. The largest absolute Gasteiger partial charge is 0.416 e. The molecule has 0 saturated heterocycles. The molecule has 1 aromatic heterocycles. The average molecular weight is 298 g/mol. The number of benzene rings is 1. The molecule has 2 rings (SSSR count). The Balaban J connectivity index is 1.87. The van der Waals surface area contributed by atoms with Crippen molar-refractivity contribution in [3.63, 3.8) is 0 Å². The lowest BCUT2D eigenvalue weighted by molar-refractivity contribution is -0.137. The molecule has 21 heavy (non-hydrogen) atoms.